The fourth-order valence-corrected chi connectivity index (χ4v) is 2.68. The lowest BCUT2D eigenvalue weighted by Gasteiger charge is -2.05. The van der Waals surface area contributed by atoms with Crippen LogP contribution in [0.3, 0.4) is 0 Å². The van der Waals surface area contributed by atoms with E-state index in [1.807, 2.05) is 14.0 Å². The van der Waals surface area contributed by atoms with Crippen molar-refractivity contribution in [3.63, 3.8) is 0 Å². The minimum absolute atomic E-state index is 0.203. The number of amides is 1. The van der Waals surface area contributed by atoms with Crippen LogP contribution >= 0.6 is 0 Å². The normalized spacial score (nSPS) is 12.2. The predicted molar refractivity (Wildman–Crippen MR) is 94.7 cm³/mol. The molecule has 1 aliphatic rings. The van der Waals surface area contributed by atoms with Gasteiger partial charge in [0.2, 0.25) is 6.79 Å². The van der Waals surface area contributed by atoms with E-state index in [1.54, 1.807) is 41.2 Å². The van der Waals surface area contributed by atoms with Crippen molar-refractivity contribution in [1.82, 2.24) is 15.1 Å². The molecule has 0 radical (unpaired) electrons. The van der Waals surface area contributed by atoms with Crippen LogP contribution in [0.5, 0.6) is 17.2 Å². The fraction of sp³-hybridized carbons (Fsp3) is 0.263. The summed E-state index contributed by atoms with van der Waals surface area (Å²) in [5.41, 5.74) is 1.97. The van der Waals surface area contributed by atoms with Gasteiger partial charge >= 0.3 is 0 Å². The van der Waals surface area contributed by atoms with Crippen molar-refractivity contribution in [3.8, 4) is 17.2 Å². The molecular formula is C19H19N3O5. The fourth-order valence-electron chi connectivity index (χ4n) is 2.68. The average molecular weight is 369 g/mol. The van der Waals surface area contributed by atoms with Crippen LogP contribution in [0.2, 0.25) is 0 Å². The number of hydrogen-bond acceptors (Lipinski definition) is 6. The number of fused-ring (bicyclic) bond motifs is 1. The topological polar surface area (TPSA) is 87.8 Å². The van der Waals surface area contributed by atoms with Crippen LogP contribution in [0.25, 0.3) is 0 Å². The van der Waals surface area contributed by atoms with Gasteiger partial charge in [0.25, 0.3) is 5.91 Å². The molecule has 2 aromatic heterocycles. The third-order valence-corrected chi connectivity index (χ3v) is 4.39. The maximum Gasteiger partial charge on any atom is 0.287 e. The predicted octanol–water partition coefficient (Wildman–Crippen LogP) is 2.56. The molecule has 0 spiro atoms. The van der Waals surface area contributed by atoms with Crippen LogP contribution in [0.15, 0.2) is 40.9 Å². The highest BCUT2D eigenvalue weighted by molar-refractivity contribution is 5.91. The van der Waals surface area contributed by atoms with Gasteiger partial charge in [-0.3, -0.25) is 9.48 Å². The number of furan rings is 1. The minimum Gasteiger partial charge on any atom is -0.486 e. The molecule has 140 valence electrons. The number of ether oxygens (including phenoxy) is 3. The second-order valence-electron chi connectivity index (χ2n) is 6.13. The quantitative estimate of drug-likeness (QED) is 0.718. The van der Waals surface area contributed by atoms with Crippen molar-refractivity contribution in [2.24, 2.45) is 7.05 Å². The highest BCUT2D eigenvalue weighted by atomic mass is 16.7. The Balaban J connectivity index is 1.32. The molecule has 1 amide bonds. The second kappa shape index (κ2) is 7.06. The Morgan fingerprint density at radius 3 is 2.93 bits per heavy atom. The van der Waals surface area contributed by atoms with Gasteiger partial charge in [0.05, 0.1) is 6.20 Å². The molecule has 0 aliphatic carbocycles. The summed E-state index contributed by atoms with van der Waals surface area (Å²) >= 11 is 0. The third kappa shape index (κ3) is 3.59. The van der Waals surface area contributed by atoms with E-state index in [0.29, 0.717) is 29.6 Å². The summed E-state index contributed by atoms with van der Waals surface area (Å²) in [5, 5.41) is 6.98. The first kappa shape index (κ1) is 17.0. The zero-order chi connectivity index (χ0) is 18.8. The highest BCUT2D eigenvalue weighted by Crippen LogP contribution is 2.35. The van der Waals surface area contributed by atoms with E-state index >= 15 is 0 Å². The van der Waals surface area contributed by atoms with Gasteiger partial charge in [-0.1, -0.05) is 0 Å². The number of aromatic nitrogens is 2. The minimum atomic E-state index is -0.285. The molecule has 0 unspecified atom stereocenters. The average Bonchev–Trinajstić information content (AvgIpc) is 3.40. The molecule has 3 aromatic rings. The Hall–Kier alpha value is -3.42. The SMILES string of the molecule is Cc1c(CNC(=O)c2ccc(COc3ccc4c(c3)OCO4)o2)cnn1C. The monoisotopic (exact) mass is 369 g/mol. The van der Waals surface area contributed by atoms with Crippen LogP contribution < -0.4 is 19.5 Å². The van der Waals surface area contributed by atoms with Gasteiger partial charge in [-0.25, -0.2) is 0 Å². The van der Waals surface area contributed by atoms with Gasteiger partial charge in [0, 0.05) is 30.9 Å². The first-order valence-corrected chi connectivity index (χ1v) is 8.47. The standard InChI is InChI=1S/C19H19N3O5/c1-12-13(9-21-22(12)2)8-20-19(23)17-6-4-15(27-17)10-24-14-3-5-16-18(7-14)26-11-25-16/h3-7,9H,8,10-11H2,1-2H3,(H,20,23). The number of hydrogen-bond donors (Lipinski definition) is 1. The molecule has 4 rings (SSSR count). The van der Waals surface area contributed by atoms with Crippen LogP contribution in [-0.2, 0) is 20.2 Å². The molecule has 0 atom stereocenters. The molecule has 0 saturated heterocycles. The summed E-state index contributed by atoms with van der Waals surface area (Å²) in [5.74, 6) is 2.48. The first-order valence-electron chi connectivity index (χ1n) is 8.47. The summed E-state index contributed by atoms with van der Waals surface area (Å²) in [6.07, 6.45) is 1.74. The Morgan fingerprint density at radius 2 is 2.11 bits per heavy atom. The van der Waals surface area contributed by atoms with E-state index in [9.17, 15) is 4.79 Å². The van der Waals surface area contributed by atoms with Crippen molar-refractivity contribution < 1.29 is 23.4 Å². The van der Waals surface area contributed by atoms with Crippen molar-refractivity contribution in [2.75, 3.05) is 6.79 Å². The lowest BCUT2D eigenvalue weighted by molar-refractivity contribution is 0.0919. The van der Waals surface area contributed by atoms with Crippen molar-refractivity contribution in [3.05, 3.63) is 59.3 Å². The molecular weight excluding hydrogens is 350 g/mol. The number of aryl methyl sites for hydroxylation is 1. The van der Waals surface area contributed by atoms with Crippen LogP contribution in [0.4, 0.5) is 0 Å². The van der Waals surface area contributed by atoms with Gasteiger partial charge < -0.3 is 23.9 Å². The molecule has 1 aromatic carbocycles. The largest absolute Gasteiger partial charge is 0.486 e. The van der Waals surface area contributed by atoms with Crippen LogP contribution in [0, 0.1) is 6.92 Å². The second-order valence-corrected chi connectivity index (χ2v) is 6.13. The van der Waals surface area contributed by atoms with Gasteiger partial charge in [-0.05, 0) is 31.2 Å². The van der Waals surface area contributed by atoms with Crippen molar-refractivity contribution in [1.29, 1.82) is 0 Å². The smallest absolute Gasteiger partial charge is 0.287 e. The molecule has 0 fully saturated rings. The van der Waals surface area contributed by atoms with Crippen LogP contribution in [-0.4, -0.2) is 22.5 Å². The Bertz CT molecular complexity index is 976. The molecule has 27 heavy (non-hydrogen) atoms. The summed E-state index contributed by atoms with van der Waals surface area (Å²) < 4.78 is 23.6. The van der Waals surface area contributed by atoms with E-state index in [0.717, 1.165) is 11.3 Å². The summed E-state index contributed by atoms with van der Waals surface area (Å²) in [4.78, 5) is 12.2. The van der Waals surface area contributed by atoms with Gasteiger partial charge in [0.1, 0.15) is 18.1 Å². The molecule has 8 nitrogen and oxygen atoms in total. The lowest BCUT2D eigenvalue weighted by Crippen LogP contribution is -2.22. The number of carbonyl (C=O) groups excluding carboxylic acids is 1. The zero-order valence-electron chi connectivity index (χ0n) is 15.0. The summed E-state index contributed by atoms with van der Waals surface area (Å²) in [6.45, 7) is 2.76. The number of rotatable bonds is 6. The van der Waals surface area contributed by atoms with E-state index in [-0.39, 0.29) is 25.1 Å². The maximum absolute atomic E-state index is 12.2. The Morgan fingerprint density at radius 1 is 1.26 bits per heavy atom. The molecule has 1 N–H and O–H groups in total. The molecule has 0 saturated carbocycles. The summed E-state index contributed by atoms with van der Waals surface area (Å²) in [7, 11) is 1.86. The van der Waals surface area contributed by atoms with Gasteiger partial charge in [0.15, 0.2) is 17.3 Å². The number of benzene rings is 1. The molecule has 3 heterocycles. The van der Waals surface area contributed by atoms with Crippen LogP contribution in [0.1, 0.15) is 27.6 Å². The Labute approximate surface area is 155 Å². The molecule has 1 aliphatic heterocycles. The van der Waals surface area contributed by atoms with E-state index < -0.39 is 0 Å². The van der Waals surface area contributed by atoms with Crippen molar-refractivity contribution >= 4 is 5.91 Å². The zero-order valence-corrected chi connectivity index (χ0v) is 15.0. The van der Waals surface area contributed by atoms with E-state index in [2.05, 4.69) is 10.4 Å². The van der Waals surface area contributed by atoms with Gasteiger partial charge in [-0.15, -0.1) is 0 Å². The Kier molecular flexibility index (Phi) is 4.45. The molecule has 0 bridgehead atoms. The number of nitrogens with one attached hydrogen (secondary N) is 1. The highest BCUT2D eigenvalue weighted by Gasteiger charge is 2.15. The molecule has 8 heteroatoms. The first-order chi connectivity index (χ1) is 13.1. The number of carbonyl (C=O) groups is 1. The van der Waals surface area contributed by atoms with E-state index in [4.69, 9.17) is 18.6 Å². The third-order valence-electron chi connectivity index (χ3n) is 4.39. The van der Waals surface area contributed by atoms with Crippen molar-refractivity contribution in [2.45, 2.75) is 20.1 Å². The number of nitrogens with zero attached hydrogens (tertiary/aromatic N) is 2. The lowest BCUT2D eigenvalue weighted by atomic mass is 10.2. The maximum atomic E-state index is 12.2. The summed E-state index contributed by atoms with van der Waals surface area (Å²) in [6, 6.07) is 8.69. The van der Waals surface area contributed by atoms with E-state index in [1.165, 1.54) is 0 Å². The van der Waals surface area contributed by atoms with Gasteiger partial charge in [-0.2, -0.15) is 5.10 Å².